The van der Waals surface area contributed by atoms with E-state index < -0.39 is 0 Å². The first-order valence-electron chi connectivity index (χ1n) is 5.92. The molecule has 0 spiro atoms. The van der Waals surface area contributed by atoms with Crippen molar-refractivity contribution in [3.63, 3.8) is 0 Å². The van der Waals surface area contributed by atoms with E-state index in [-0.39, 0.29) is 12.0 Å². The summed E-state index contributed by atoms with van der Waals surface area (Å²) in [4.78, 5) is 0. The molecule has 3 N–H and O–H groups in total. The molecule has 0 aromatic heterocycles. The van der Waals surface area contributed by atoms with Gasteiger partial charge in [0, 0.05) is 12.0 Å². The number of hydrogen-bond acceptors (Lipinski definition) is 2. The number of hydrogen-bond donors (Lipinski definition) is 2. The number of aryl methyl sites for hydroxylation is 1. The quantitative estimate of drug-likeness (QED) is 0.801. The Balaban J connectivity index is 3.04. The maximum atomic E-state index is 9.67. The second kappa shape index (κ2) is 5.46. The van der Waals surface area contributed by atoms with E-state index in [0.717, 1.165) is 12.0 Å². The van der Waals surface area contributed by atoms with Gasteiger partial charge in [-0.1, -0.05) is 43.7 Å². The Labute approximate surface area is 98.5 Å². The molecule has 0 amide bonds. The number of nitrogens with two attached hydrogens (primary N) is 1. The Kier molecular flexibility index (Phi) is 4.51. The SMILES string of the molecule is Cc1ccc(C(CN)(CO)CC(C)C)cc1. The van der Waals surface area contributed by atoms with Gasteiger partial charge in [0.1, 0.15) is 0 Å². The molecule has 2 nitrogen and oxygen atoms in total. The summed E-state index contributed by atoms with van der Waals surface area (Å²) in [5, 5.41) is 9.67. The van der Waals surface area contributed by atoms with Crippen LogP contribution in [0.5, 0.6) is 0 Å². The highest BCUT2D eigenvalue weighted by molar-refractivity contribution is 5.29. The summed E-state index contributed by atoms with van der Waals surface area (Å²) in [5.74, 6) is 0.525. The highest BCUT2D eigenvalue weighted by atomic mass is 16.3. The Morgan fingerprint density at radius 1 is 1.25 bits per heavy atom. The lowest BCUT2D eigenvalue weighted by atomic mass is 9.75. The van der Waals surface area contributed by atoms with Crippen molar-refractivity contribution in [3.05, 3.63) is 35.4 Å². The second-order valence-corrected chi connectivity index (χ2v) is 5.11. The molecule has 1 unspecified atom stereocenters. The first-order valence-corrected chi connectivity index (χ1v) is 5.92. The molecule has 0 aliphatic rings. The number of benzene rings is 1. The van der Waals surface area contributed by atoms with Gasteiger partial charge < -0.3 is 10.8 Å². The van der Waals surface area contributed by atoms with Crippen LogP contribution in [0, 0.1) is 12.8 Å². The van der Waals surface area contributed by atoms with Crippen LogP contribution < -0.4 is 5.73 Å². The summed E-state index contributed by atoms with van der Waals surface area (Å²) in [6.07, 6.45) is 0.920. The van der Waals surface area contributed by atoms with Gasteiger partial charge in [-0.25, -0.2) is 0 Å². The zero-order valence-corrected chi connectivity index (χ0v) is 10.5. The predicted molar refractivity (Wildman–Crippen MR) is 68.5 cm³/mol. The molecular formula is C14H23NO. The molecule has 1 rings (SSSR count). The van der Waals surface area contributed by atoms with E-state index >= 15 is 0 Å². The van der Waals surface area contributed by atoms with Crippen LogP contribution in [-0.4, -0.2) is 18.3 Å². The molecule has 0 radical (unpaired) electrons. The monoisotopic (exact) mass is 221 g/mol. The molecule has 0 fully saturated rings. The fourth-order valence-electron chi connectivity index (χ4n) is 2.23. The maximum absolute atomic E-state index is 9.67. The smallest absolute Gasteiger partial charge is 0.0540 e. The molecule has 2 heteroatoms. The number of aliphatic hydroxyl groups is 1. The van der Waals surface area contributed by atoms with Gasteiger partial charge in [-0.15, -0.1) is 0 Å². The van der Waals surface area contributed by atoms with E-state index in [1.807, 2.05) is 0 Å². The minimum absolute atomic E-state index is 0.116. The lowest BCUT2D eigenvalue weighted by Gasteiger charge is -2.33. The van der Waals surface area contributed by atoms with E-state index in [1.54, 1.807) is 0 Å². The topological polar surface area (TPSA) is 46.2 Å². The van der Waals surface area contributed by atoms with Crippen molar-refractivity contribution in [1.82, 2.24) is 0 Å². The number of aliphatic hydroxyl groups excluding tert-OH is 1. The summed E-state index contributed by atoms with van der Waals surface area (Å²) in [6.45, 7) is 6.99. The lowest BCUT2D eigenvalue weighted by Crippen LogP contribution is -2.40. The molecule has 0 heterocycles. The van der Waals surface area contributed by atoms with E-state index in [0.29, 0.717) is 12.5 Å². The van der Waals surface area contributed by atoms with Crippen molar-refractivity contribution < 1.29 is 5.11 Å². The Bertz CT molecular complexity index is 312. The summed E-state index contributed by atoms with van der Waals surface area (Å²) >= 11 is 0. The van der Waals surface area contributed by atoms with E-state index in [4.69, 9.17) is 5.73 Å². The van der Waals surface area contributed by atoms with Crippen LogP contribution >= 0.6 is 0 Å². The Morgan fingerprint density at radius 3 is 2.19 bits per heavy atom. The van der Waals surface area contributed by atoms with Crippen molar-refractivity contribution in [3.8, 4) is 0 Å². The molecule has 0 aliphatic heterocycles. The van der Waals surface area contributed by atoms with E-state index in [2.05, 4.69) is 45.0 Å². The minimum Gasteiger partial charge on any atom is -0.395 e. The van der Waals surface area contributed by atoms with Crippen LogP contribution in [0.4, 0.5) is 0 Å². The minimum atomic E-state index is -0.276. The van der Waals surface area contributed by atoms with Crippen LogP contribution in [0.25, 0.3) is 0 Å². The molecule has 0 aliphatic carbocycles. The predicted octanol–water partition coefficient (Wildman–Crippen LogP) is 2.23. The summed E-state index contributed by atoms with van der Waals surface area (Å²) in [6, 6.07) is 8.33. The van der Waals surface area contributed by atoms with Crippen molar-refractivity contribution in [2.45, 2.75) is 32.6 Å². The van der Waals surface area contributed by atoms with Crippen LogP contribution in [0.15, 0.2) is 24.3 Å². The lowest BCUT2D eigenvalue weighted by molar-refractivity contribution is 0.174. The first-order chi connectivity index (χ1) is 7.54. The third-order valence-electron chi connectivity index (χ3n) is 3.16. The molecule has 0 bridgehead atoms. The van der Waals surface area contributed by atoms with Gasteiger partial charge in [0.05, 0.1) is 6.61 Å². The summed E-state index contributed by atoms with van der Waals surface area (Å²) in [7, 11) is 0. The fraction of sp³-hybridized carbons (Fsp3) is 0.571. The molecular weight excluding hydrogens is 198 g/mol. The van der Waals surface area contributed by atoms with Gasteiger partial charge in [-0.2, -0.15) is 0 Å². The van der Waals surface area contributed by atoms with Gasteiger partial charge in [0.2, 0.25) is 0 Å². The van der Waals surface area contributed by atoms with Crippen LogP contribution in [0.2, 0.25) is 0 Å². The summed E-state index contributed by atoms with van der Waals surface area (Å²) < 4.78 is 0. The average Bonchev–Trinajstić information content (AvgIpc) is 2.27. The molecule has 0 saturated carbocycles. The van der Waals surface area contributed by atoms with E-state index in [1.165, 1.54) is 5.56 Å². The van der Waals surface area contributed by atoms with E-state index in [9.17, 15) is 5.11 Å². The standard InChI is InChI=1S/C14H23NO/c1-11(2)8-14(9-15,10-16)13-6-4-12(3)5-7-13/h4-7,11,16H,8-10,15H2,1-3H3. The zero-order valence-electron chi connectivity index (χ0n) is 10.5. The van der Waals surface area contributed by atoms with Crippen LogP contribution in [0.1, 0.15) is 31.4 Å². The molecule has 90 valence electrons. The van der Waals surface area contributed by atoms with Gasteiger partial charge in [0.15, 0.2) is 0 Å². The highest BCUT2D eigenvalue weighted by Crippen LogP contribution is 2.30. The van der Waals surface area contributed by atoms with Crippen molar-refractivity contribution >= 4 is 0 Å². The third kappa shape index (κ3) is 2.83. The first kappa shape index (κ1) is 13.2. The molecule has 1 aromatic rings. The van der Waals surface area contributed by atoms with Crippen molar-refractivity contribution in [2.75, 3.05) is 13.2 Å². The van der Waals surface area contributed by atoms with Gasteiger partial charge in [-0.05, 0) is 24.8 Å². The van der Waals surface area contributed by atoms with Crippen LogP contribution in [-0.2, 0) is 5.41 Å². The van der Waals surface area contributed by atoms with Gasteiger partial charge in [-0.3, -0.25) is 0 Å². The Hall–Kier alpha value is -0.860. The van der Waals surface area contributed by atoms with Crippen LogP contribution in [0.3, 0.4) is 0 Å². The highest BCUT2D eigenvalue weighted by Gasteiger charge is 2.30. The van der Waals surface area contributed by atoms with Crippen molar-refractivity contribution in [1.29, 1.82) is 0 Å². The van der Waals surface area contributed by atoms with Gasteiger partial charge in [0.25, 0.3) is 0 Å². The molecule has 0 saturated heterocycles. The fourth-order valence-corrected chi connectivity index (χ4v) is 2.23. The second-order valence-electron chi connectivity index (χ2n) is 5.11. The Morgan fingerprint density at radius 2 is 1.81 bits per heavy atom. The summed E-state index contributed by atoms with van der Waals surface area (Å²) in [5.41, 5.74) is 7.98. The molecule has 16 heavy (non-hydrogen) atoms. The van der Waals surface area contributed by atoms with Crippen molar-refractivity contribution in [2.24, 2.45) is 11.7 Å². The largest absolute Gasteiger partial charge is 0.395 e. The molecule has 1 atom stereocenters. The normalized spacial score (nSPS) is 15.1. The third-order valence-corrected chi connectivity index (χ3v) is 3.16. The number of rotatable bonds is 5. The molecule has 1 aromatic carbocycles. The zero-order chi connectivity index (χ0) is 12.2. The van der Waals surface area contributed by atoms with Gasteiger partial charge >= 0.3 is 0 Å². The maximum Gasteiger partial charge on any atom is 0.0540 e. The average molecular weight is 221 g/mol.